The highest BCUT2D eigenvalue weighted by atomic mass is 79.9. The van der Waals surface area contributed by atoms with Crippen molar-refractivity contribution in [2.24, 2.45) is 0 Å². The number of benzene rings is 1. The summed E-state index contributed by atoms with van der Waals surface area (Å²) in [7, 11) is 0. The van der Waals surface area contributed by atoms with E-state index in [1.54, 1.807) is 13.0 Å². The molecule has 16 heavy (non-hydrogen) atoms. The lowest BCUT2D eigenvalue weighted by Gasteiger charge is -2.11. The third-order valence-corrected chi connectivity index (χ3v) is 3.12. The molecule has 1 N–H and O–H groups in total. The monoisotopic (exact) mass is 286 g/mol. The Balaban J connectivity index is 2.69. The number of halogens is 1. The highest BCUT2D eigenvalue weighted by Gasteiger charge is 2.14. The lowest BCUT2D eigenvalue weighted by atomic mass is 10.0. The summed E-state index contributed by atoms with van der Waals surface area (Å²) in [4.78, 5) is 11.2. The maximum atomic E-state index is 11.2. The van der Waals surface area contributed by atoms with Crippen molar-refractivity contribution in [2.45, 2.75) is 26.4 Å². The smallest absolute Gasteiger partial charge is 0.308 e. The number of carbonyl (C=O) groups excluding carboxylic acids is 1. The molecule has 1 unspecified atom stereocenters. The highest BCUT2D eigenvalue weighted by molar-refractivity contribution is 9.10. The Morgan fingerprint density at radius 3 is 2.81 bits per heavy atom. The lowest BCUT2D eigenvalue weighted by Crippen LogP contribution is -2.10. The summed E-state index contributed by atoms with van der Waals surface area (Å²) in [6.45, 7) is 4.02. The van der Waals surface area contributed by atoms with E-state index in [-0.39, 0.29) is 12.4 Å². The van der Waals surface area contributed by atoms with E-state index in [1.807, 2.05) is 19.1 Å². The van der Waals surface area contributed by atoms with Crippen LogP contribution in [0, 0.1) is 6.92 Å². The molecule has 0 spiro atoms. The minimum Gasteiger partial charge on any atom is -0.466 e. The van der Waals surface area contributed by atoms with Crippen LogP contribution < -0.4 is 0 Å². The third-order valence-electron chi connectivity index (χ3n) is 2.23. The van der Waals surface area contributed by atoms with Gasteiger partial charge >= 0.3 is 5.97 Å². The molecule has 0 heterocycles. The first-order chi connectivity index (χ1) is 7.54. The van der Waals surface area contributed by atoms with Crippen molar-refractivity contribution < 1.29 is 14.6 Å². The molecule has 88 valence electrons. The Hall–Kier alpha value is -0.870. The molecule has 1 atom stereocenters. The van der Waals surface area contributed by atoms with Gasteiger partial charge in [-0.3, -0.25) is 4.79 Å². The van der Waals surface area contributed by atoms with E-state index in [0.29, 0.717) is 6.61 Å². The Kier molecular flexibility index (Phi) is 4.96. The van der Waals surface area contributed by atoms with E-state index in [1.165, 1.54) is 0 Å². The molecule has 1 rings (SSSR count). The van der Waals surface area contributed by atoms with Crippen molar-refractivity contribution in [1.29, 1.82) is 0 Å². The molecule has 0 aliphatic heterocycles. The maximum absolute atomic E-state index is 11.2. The Morgan fingerprint density at radius 1 is 1.56 bits per heavy atom. The van der Waals surface area contributed by atoms with Crippen LogP contribution in [0.3, 0.4) is 0 Å². The van der Waals surface area contributed by atoms with Crippen molar-refractivity contribution in [3.8, 4) is 0 Å². The van der Waals surface area contributed by atoms with Crippen LogP contribution >= 0.6 is 15.9 Å². The molecule has 1 aromatic carbocycles. The van der Waals surface area contributed by atoms with Gasteiger partial charge in [0.2, 0.25) is 0 Å². The molecular weight excluding hydrogens is 272 g/mol. The van der Waals surface area contributed by atoms with Gasteiger partial charge in [-0.15, -0.1) is 0 Å². The van der Waals surface area contributed by atoms with Crippen molar-refractivity contribution in [3.63, 3.8) is 0 Å². The summed E-state index contributed by atoms with van der Waals surface area (Å²) in [6, 6.07) is 5.51. The van der Waals surface area contributed by atoms with E-state index in [2.05, 4.69) is 15.9 Å². The van der Waals surface area contributed by atoms with E-state index in [0.717, 1.165) is 15.6 Å². The topological polar surface area (TPSA) is 46.5 Å². The van der Waals surface area contributed by atoms with Crippen LogP contribution in [0.1, 0.15) is 30.6 Å². The molecular formula is C12H15BrO3. The summed E-state index contributed by atoms with van der Waals surface area (Å²) >= 11 is 3.38. The van der Waals surface area contributed by atoms with Gasteiger partial charge in [0.05, 0.1) is 19.1 Å². The highest BCUT2D eigenvalue weighted by Crippen LogP contribution is 2.23. The first kappa shape index (κ1) is 13.2. The summed E-state index contributed by atoms with van der Waals surface area (Å²) < 4.78 is 5.77. The van der Waals surface area contributed by atoms with Gasteiger partial charge in [0.25, 0.3) is 0 Å². The van der Waals surface area contributed by atoms with Gasteiger partial charge < -0.3 is 9.84 Å². The van der Waals surface area contributed by atoms with Crippen LogP contribution in [0.25, 0.3) is 0 Å². The third kappa shape index (κ3) is 3.61. The lowest BCUT2D eigenvalue weighted by molar-refractivity contribution is -0.145. The second-order valence-electron chi connectivity index (χ2n) is 3.53. The van der Waals surface area contributed by atoms with Crippen molar-refractivity contribution in [2.75, 3.05) is 6.61 Å². The van der Waals surface area contributed by atoms with Crippen LogP contribution in [0.2, 0.25) is 0 Å². The van der Waals surface area contributed by atoms with E-state index < -0.39 is 6.10 Å². The predicted octanol–water partition coefficient (Wildman–Crippen LogP) is 2.74. The molecule has 0 aliphatic carbocycles. The van der Waals surface area contributed by atoms with Gasteiger partial charge in [-0.1, -0.05) is 28.1 Å². The SMILES string of the molecule is CCOC(=O)CC(O)c1ccc(Br)c(C)c1. The number of esters is 1. The van der Waals surface area contributed by atoms with Gasteiger partial charge in [0.15, 0.2) is 0 Å². The number of ether oxygens (including phenoxy) is 1. The molecule has 0 bridgehead atoms. The Labute approximate surface area is 104 Å². The average molecular weight is 287 g/mol. The van der Waals surface area contributed by atoms with Crippen LogP contribution in [0.4, 0.5) is 0 Å². The van der Waals surface area contributed by atoms with Crippen LogP contribution in [-0.2, 0) is 9.53 Å². The van der Waals surface area contributed by atoms with Gasteiger partial charge in [0.1, 0.15) is 0 Å². The van der Waals surface area contributed by atoms with Crippen molar-refractivity contribution >= 4 is 21.9 Å². The zero-order valence-corrected chi connectivity index (χ0v) is 11.0. The van der Waals surface area contributed by atoms with Gasteiger partial charge in [-0.2, -0.15) is 0 Å². The number of rotatable bonds is 4. The quantitative estimate of drug-likeness (QED) is 0.866. The van der Waals surface area contributed by atoms with Crippen LogP contribution in [0.5, 0.6) is 0 Å². The molecule has 1 aromatic rings. The number of carbonyl (C=O) groups is 1. The minimum atomic E-state index is -0.800. The fourth-order valence-electron chi connectivity index (χ4n) is 1.37. The summed E-state index contributed by atoms with van der Waals surface area (Å²) in [5.41, 5.74) is 1.76. The fourth-order valence-corrected chi connectivity index (χ4v) is 1.62. The molecule has 0 saturated heterocycles. The summed E-state index contributed by atoms with van der Waals surface area (Å²) in [5, 5.41) is 9.82. The maximum Gasteiger partial charge on any atom is 0.308 e. The average Bonchev–Trinajstić information content (AvgIpc) is 2.22. The molecule has 4 heteroatoms. The zero-order valence-electron chi connectivity index (χ0n) is 9.37. The zero-order chi connectivity index (χ0) is 12.1. The number of hydrogen-bond donors (Lipinski definition) is 1. The standard InChI is InChI=1S/C12H15BrO3/c1-3-16-12(15)7-11(14)9-4-5-10(13)8(2)6-9/h4-6,11,14H,3,7H2,1-2H3. The molecule has 0 radical (unpaired) electrons. The Morgan fingerprint density at radius 2 is 2.25 bits per heavy atom. The number of hydrogen-bond acceptors (Lipinski definition) is 3. The molecule has 0 aromatic heterocycles. The van der Waals surface area contributed by atoms with Crippen molar-refractivity contribution in [1.82, 2.24) is 0 Å². The normalized spacial score (nSPS) is 12.2. The second kappa shape index (κ2) is 6.01. The predicted molar refractivity (Wildman–Crippen MR) is 65.1 cm³/mol. The first-order valence-electron chi connectivity index (χ1n) is 5.14. The largest absolute Gasteiger partial charge is 0.466 e. The van der Waals surface area contributed by atoms with E-state index in [4.69, 9.17) is 4.74 Å². The van der Waals surface area contributed by atoms with Gasteiger partial charge in [0, 0.05) is 4.47 Å². The molecule has 0 amide bonds. The summed E-state index contributed by atoms with van der Waals surface area (Å²) in [5.74, 6) is -0.379. The Bertz CT molecular complexity index is 377. The van der Waals surface area contributed by atoms with Gasteiger partial charge in [-0.25, -0.2) is 0 Å². The number of aliphatic hydroxyl groups excluding tert-OH is 1. The van der Waals surface area contributed by atoms with E-state index >= 15 is 0 Å². The van der Waals surface area contributed by atoms with Gasteiger partial charge in [-0.05, 0) is 31.0 Å². The second-order valence-corrected chi connectivity index (χ2v) is 4.39. The molecule has 0 fully saturated rings. The van der Waals surface area contributed by atoms with Crippen LogP contribution in [-0.4, -0.2) is 17.7 Å². The molecule has 0 saturated carbocycles. The van der Waals surface area contributed by atoms with E-state index in [9.17, 15) is 9.90 Å². The fraction of sp³-hybridized carbons (Fsp3) is 0.417. The van der Waals surface area contributed by atoms with Crippen molar-refractivity contribution in [3.05, 3.63) is 33.8 Å². The first-order valence-corrected chi connectivity index (χ1v) is 5.93. The number of aryl methyl sites for hydroxylation is 1. The minimum absolute atomic E-state index is 0.00505. The number of aliphatic hydroxyl groups is 1. The molecule has 3 nitrogen and oxygen atoms in total. The summed E-state index contributed by atoms with van der Waals surface area (Å²) in [6.07, 6.45) is -0.805. The molecule has 0 aliphatic rings. The van der Waals surface area contributed by atoms with Crippen LogP contribution in [0.15, 0.2) is 22.7 Å².